The summed E-state index contributed by atoms with van der Waals surface area (Å²) in [6.45, 7) is 5.57. The van der Waals surface area contributed by atoms with E-state index in [9.17, 15) is 14.7 Å². The maximum atomic E-state index is 12.3. The van der Waals surface area contributed by atoms with Gasteiger partial charge >= 0.3 is 0 Å². The number of hydrogen-bond acceptors (Lipinski definition) is 5. The first kappa shape index (κ1) is 17.7. The molecule has 1 aromatic heterocycles. The minimum atomic E-state index is -0.937. The fourth-order valence-electron chi connectivity index (χ4n) is 2.30. The van der Waals surface area contributed by atoms with Crippen LogP contribution in [0.1, 0.15) is 41.3 Å². The first-order valence-corrected chi connectivity index (χ1v) is 7.54. The monoisotopic (exact) mass is 330 g/mol. The fourth-order valence-corrected chi connectivity index (χ4v) is 2.30. The number of nitrogens with zero attached hydrogens (tertiary/aromatic N) is 2. The summed E-state index contributed by atoms with van der Waals surface area (Å²) in [7, 11) is 1.45. The molecule has 0 unspecified atom stereocenters. The highest BCUT2D eigenvalue weighted by Crippen LogP contribution is 2.17. The van der Waals surface area contributed by atoms with Crippen LogP contribution in [0.4, 0.5) is 0 Å². The zero-order valence-electron chi connectivity index (χ0n) is 14.3. The Morgan fingerprint density at radius 2 is 1.92 bits per heavy atom. The molecule has 0 saturated carbocycles. The van der Waals surface area contributed by atoms with Gasteiger partial charge in [0.2, 0.25) is 5.75 Å². The van der Waals surface area contributed by atoms with Gasteiger partial charge in [-0.3, -0.25) is 14.2 Å². The number of aryl methyl sites for hydroxylation is 1. The number of aromatic nitrogens is 2. The minimum Gasteiger partial charge on any atom is -0.501 e. The molecule has 128 valence electrons. The number of amides is 1. The number of benzene rings is 1. The van der Waals surface area contributed by atoms with E-state index in [0.717, 1.165) is 15.7 Å². The first-order chi connectivity index (χ1) is 11.1. The first-order valence-electron chi connectivity index (χ1n) is 7.54. The fraction of sp³-hybridized carbons (Fsp3) is 0.353. The number of carbonyl (C=O) groups excluding carboxylic acids is 1. The summed E-state index contributed by atoms with van der Waals surface area (Å²) in [6.07, 6.45) is 0. The highest BCUT2D eigenvalue weighted by atomic mass is 16.3. The van der Waals surface area contributed by atoms with E-state index in [2.05, 4.69) is 10.3 Å². The van der Waals surface area contributed by atoms with Gasteiger partial charge in [0.05, 0.1) is 5.54 Å². The molecular formula is C17H22N4O3. The number of nitrogens with two attached hydrogens (primary N) is 1. The van der Waals surface area contributed by atoms with Gasteiger partial charge in [0.15, 0.2) is 5.69 Å². The standard InChI is InChI=1S/C17H22N4O3/c1-10-5-7-11(8-6-10)9-19-14(23)12-13(22)15(24)21(4)16(20-12)17(2,3)18/h5-8,22H,9,18H2,1-4H3,(H,19,23). The number of rotatable bonds is 4. The maximum Gasteiger partial charge on any atom is 0.296 e. The third-order valence-electron chi connectivity index (χ3n) is 3.63. The van der Waals surface area contributed by atoms with Gasteiger partial charge in [-0.1, -0.05) is 29.8 Å². The molecule has 24 heavy (non-hydrogen) atoms. The third kappa shape index (κ3) is 3.62. The molecule has 0 fully saturated rings. The lowest BCUT2D eigenvalue weighted by Gasteiger charge is -2.21. The second-order valence-corrected chi connectivity index (χ2v) is 6.39. The Hall–Kier alpha value is -2.67. The highest BCUT2D eigenvalue weighted by molar-refractivity contribution is 5.94. The smallest absolute Gasteiger partial charge is 0.296 e. The van der Waals surface area contributed by atoms with E-state index in [1.807, 2.05) is 31.2 Å². The van der Waals surface area contributed by atoms with Crippen LogP contribution in [0.25, 0.3) is 0 Å². The number of nitrogens with one attached hydrogen (secondary N) is 1. The number of carbonyl (C=O) groups is 1. The minimum absolute atomic E-state index is 0.214. The van der Waals surface area contributed by atoms with E-state index >= 15 is 0 Å². The Morgan fingerprint density at radius 3 is 2.46 bits per heavy atom. The lowest BCUT2D eigenvalue weighted by atomic mass is 10.1. The van der Waals surface area contributed by atoms with Gasteiger partial charge in [-0.2, -0.15) is 0 Å². The molecule has 1 aromatic carbocycles. The molecule has 2 aromatic rings. The molecule has 1 amide bonds. The Bertz CT molecular complexity index is 817. The second kappa shape index (κ2) is 6.45. The summed E-state index contributed by atoms with van der Waals surface area (Å²) in [5.74, 6) is -1.10. The van der Waals surface area contributed by atoms with Gasteiger partial charge in [-0.25, -0.2) is 4.98 Å². The van der Waals surface area contributed by atoms with Crippen LogP contribution in [0, 0.1) is 6.92 Å². The van der Waals surface area contributed by atoms with Crippen molar-refractivity contribution in [1.29, 1.82) is 0 Å². The highest BCUT2D eigenvalue weighted by Gasteiger charge is 2.26. The van der Waals surface area contributed by atoms with Crippen molar-refractivity contribution in [3.8, 4) is 5.75 Å². The molecule has 0 aliphatic carbocycles. The maximum absolute atomic E-state index is 12.3. The molecule has 0 aliphatic rings. The van der Waals surface area contributed by atoms with E-state index in [4.69, 9.17) is 5.73 Å². The van der Waals surface area contributed by atoms with E-state index in [1.165, 1.54) is 7.05 Å². The predicted octanol–water partition coefficient (Wildman–Crippen LogP) is 0.918. The molecule has 0 spiro atoms. The van der Waals surface area contributed by atoms with Crippen molar-refractivity contribution in [2.75, 3.05) is 0 Å². The Labute approximate surface area is 140 Å². The SMILES string of the molecule is Cc1ccc(CNC(=O)c2nc(C(C)(C)N)n(C)c(=O)c2O)cc1. The van der Waals surface area contributed by atoms with Gasteiger partial charge < -0.3 is 16.2 Å². The van der Waals surface area contributed by atoms with Crippen molar-refractivity contribution in [3.63, 3.8) is 0 Å². The molecule has 0 aliphatic heterocycles. The molecule has 0 bridgehead atoms. The predicted molar refractivity (Wildman–Crippen MR) is 90.7 cm³/mol. The molecule has 0 atom stereocenters. The van der Waals surface area contributed by atoms with Crippen molar-refractivity contribution in [2.24, 2.45) is 12.8 Å². The lowest BCUT2D eigenvalue weighted by molar-refractivity contribution is 0.0941. The normalized spacial score (nSPS) is 11.4. The zero-order chi connectivity index (χ0) is 18.1. The summed E-state index contributed by atoms with van der Waals surface area (Å²) in [5.41, 5.74) is 6.04. The Kier molecular flexibility index (Phi) is 4.75. The van der Waals surface area contributed by atoms with Gasteiger partial charge in [0.1, 0.15) is 5.82 Å². The lowest BCUT2D eigenvalue weighted by Crippen LogP contribution is -2.39. The molecule has 0 saturated heterocycles. The molecular weight excluding hydrogens is 308 g/mol. The topological polar surface area (TPSA) is 110 Å². The van der Waals surface area contributed by atoms with Gasteiger partial charge in [0, 0.05) is 13.6 Å². The van der Waals surface area contributed by atoms with Crippen molar-refractivity contribution >= 4 is 5.91 Å². The summed E-state index contributed by atoms with van der Waals surface area (Å²) in [4.78, 5) is 28.5. The van der Waals surface area contributed by atoms with Crippen LogP contribution in [0.2, 0.25) is 0 Å². The van der Waals surface area contributed by atoms with Crippen LogP contribution < -0.4 is 16.6 Å². The van der Waals surface area contributed by atoms with Crippen LogP contribution in [0.5, 0.6) is 5.75 Å². The van der Waals surface area contributed by atoms with Crippen molar-refractivity contribution < 1.29 is 9.90 Å². The largest absolute Gasteiger partial charge is 0.501 e. The van der Waals surface area contributed by atoms with Crippen LogP contribution in [0.15, 0.2) is 29.1 Å². The molecule has 7 heteroatoms. The van der Waals surface area contributed by atoms with Crippen LogP contribution >= 0.6 is 0 Å². The third-order valence-corrected chi connectivity index (χ3v) is 3.63. The Morgan fingerprint density at radius 1 is 1.33 bits per heavy atom. The number of hydrogen-bond donors (Lipinski definition) is 3. The Balaban J connectivity index is 2.30. The second-order valence-electron chi connectivity index (χ2n) is 6.39. The molecule has 7 nitrogen and oxygen atoms in total. The molecule has 4 N–H and O–H groups in total. The molecule has 0 radical (unpaired) electrons. The van der Waals surface area contributed by atoms with Crippen LogP contribution in [-0.2, 0) is 19.1 Å². The van der Waals surface area contributed by atoms with Crippen LogP contribution in [0.3, 0.4) is 0 Å². The van der Waals surface area contributed by atoms with E-state index < -0.39 is 22.8 Å². The summed E-state index contributed by atoms with van der Waals surface area (Å²) in [5, 5.41) is 12.6. The van der Waals surface area contributed by atoms with Crippen molar-refractivity contribution in [3.05, 3.63) is 57.3 Å². The summed E-state index contributed by atoms with van der Waals surface area (Å²) >= 11 is 0. The zero-order valence-corrected chi connectivity index (χ0v) is 14.3. The molecule has 1 heterocycles. The molecule has 2 rings (SSSR count). The number of aromatic hydroxyl groups is 1. The van der Waals surface area contributed by atoms with E-state index in [0.29, 0.717) is 0 Å². The average molecular weight is 330 g/mol. The van der Waals surface area contributed by atoms with E-state index in [-0.39, 0.29) is 18.1 Å². The van der Waals surface area contributed by atoms with Crippen molar-refractivity contribution in [2.45, 2.75) is 32.9 Å². The van der Waals surface area contributed by atoms with Gasteiger partial charge in [0.25, 0.3) is 11.5 Å². The van der Waals surface area contributed by atoms with Crippen molar-refractivity contribution in [1.82, 2.24) is 14.9 Å². The summed E-state index contributed by atoms with van der Waals surface area (Å²) in [6, 6.07) is 7.65. The van der Waals surface area contributed by atoms with Gasteiger partial charge in [-0.05, 0) is 26.3 Å². The van der Waals surface area contributed by atoms with Crippen LogP contribution in [-0.4, -0.2) is 20.6 Å². The van der Waals surface area contributed by atoms with E-state index in [1.54, 1.807) is 13.8 Å². The average Bonchev–Trinajstić information content (AvgIpc) is 2.51. The quantitative estimate of drug-likeness (QED) is 0.772. The van der Waals surface area contributed by atoms with Gasteiger partial charge in [-0.15, -0.1) is 0 Å². The summed E-state index contributed by atoms with van der Waals surface area (Å²) < 4.78 is 1.14.